The lowest BCUT2D eigenvalue weighted by atomic mass is 9.75. The van der Waals surface area contributed by atoms with Crippen molar-refractivity contribution < 1.29 is 24.0 Å². The number of allylic oxidation sites excluding steroid dienone is 1. The molecule has 8 nitrogen and oxygen atoms in total. The van der Waals surface area contributed by atoms with Crippen molar-refractivity contribution in [2.75, 3.05) is 13.7 Å². The Kier molecular flexibility index (Phi) is 7.71. The highest BCUT2D eigenvalue weighted by Gasteiger charge is 2.42. The smallest absolute Gasteiger partial charge is 0.336 e. The second kappa shape index (κ2) is 10.7. The van der Waals surface area contributed by atoms with Crippen molar-refractivity contribution in [3.63, 3.8) is 0 Å². The summed E-state index contributed by atoms with van der Waals surface area (Å²) in [4.78, 5) is 41.0. The number of aliphatic imine (C=N–C) groups is 1. The SMILES string of the molecule is COC(=O)C1C(C)=NC(C)=C(C(=O)OCCCc2ccccc2)C1c1cccc([N+](=O)[O-])c1. The molecule has 0 bridgehead atoms. The van der Waals surface area contributed by atoms with Crippen LogP contribution in [0.25, 0.3) is 0 Å². The summed E-state index contributed by atoms with van der Waals surface area (Å²) in [6, 6.07) is 15.8. The van der Waals surface area contributed by atoms with Crippen LogP contribution >= 0.6 is 0 Å². The van der Waals surface area contributed by atoms with Crippen molar-refractivity contribution in [2.24, 2.45) is 10.9 Å². The molecule has 1 aliphatic rings. The molecule has 0 aromatic heterocycles. The zero-order chi connectivity index (χ0) is 24.0. The van der Waals surface area contributed by atoms with Gasteiger partial charge in [-0.1, -0.05) is 42.5 Å². The Labute approximate surface area is 192 Å². The zero-order valence-electron chi connectivity index (χ0n) is 18.8. The van der Waals surface area contributed by atoms with Crippen LogP contribution in [0.15, 0.2) is 70.9 Å². The van der Waals surface area contributed by atoms with Gasteiger partial charge < -0.3 is 9.47 Å². The highest BCUT2D eigenvalue weighted by atomic mass is 16.6. The summed E-state index contributed by atoms with van der Waals surface area (Å²) >= 11 is 0. The molecule has 0 fully saturated rings. The first-order valence-corrected chi connectivity index (χ1v) is 10.6. The Morgan fingerprint density at radius 1 is 1.09 bits per heavy atom. The second-order valence-corrected chi connectivity index (χ2v) is 7.81. The molecule has 1 aliphatic heterocycles. The van der Waals surface area contributed by atoms with E-state index in [4.69, 9.17) is 9.47 Å². The lowest BCUT2D eigenvalue weighted by Gasteiger charge is -2.31. The average Bonchev–Trinajstić information content (AvgIpc) is 2.81. The topological polar surface area (TPSA) is 108 Å². The molecule has 172 valence electrons. The first kappa shape index (κ1) is 23.8. The molecule has 33 heavy (non-hydrogen) atoms. The number of benzene rings is 2. The first-order valence-electron chi connectivity index (χ1n) is 10.6. The molecule has 2 atom stereocenters. The van der Waals surface area contributed by atoms with Gasteiger partial charge in [-0.2, -0.15) is 0 Å². The summed E-state index contributed by atoms with van der Waals surface area (Å²) < 4.78 is 10.5. The fraction of sp³-hybridized carbons (Fsp3) is 0.320. The number of nitrogens with zero attached hydrogens (tertiary/aromatic N) is 2. The van der Waals surface area contributed by atoms with Gasteiger partial charge in [-0.05, 0) is 37.8 Å². The van der Waals surface area contributed by atoms with E-state index in [9.17, 15) is 19.7 Å². The number of esters is 2. The number of methoxy groups -OCH3 is 1. The van der Waals surface area contributed by atoms with Crippen LogP contribution in [0.5, 0.6) is 0 Å². The first-order chi connectivity index (χ1) is 15.8. The van der Waals surface area contributed by atoms with Crippen LogP contribution in [0.4, 0.5) is 5.69 Å². The number of hydrogen-bond acceptors (Lipinski definition) is 7. The van der Waals surface area contributed by atoms with E-state index in [1.807, 2.05) is 30.3 Å². The van der Waals surface area contributed by atoms with E-state index in [2.05, 4.69) is 4.99 Å². The van der Waals surface area contributed by atoms with E-state index in [1.165, 1.54) is 25.3 Å². The van der Waals surface area contributed by atoms with Gasteiger partial charge in [-0.3, -0.25) is 19.9 Å². The van der Waals surface area contributed by atoms with Gasteiger partial charge in [-0.25, -0.2) is 4.79 Å². The van der Waals surface area contributed by atoms with Crippen molar-refractivity contribution >= 4 is 23.3 Å². The highest BCUT2D eigenvalue weighted by molar-refractivity contribution is 6.07. The average molecular weight is 450 g/mol. The minimum Gasteiger partial charge on any atom is -0.468 e. The van der Waals surface area contributed by atoms with Gasteiger partial charge in [0.1, 0.15) is 5.92 Å². The normalized spacial score (nSPS) is 17.8. The quantitative estimate of drug-likeness (QED) is 0.255. The van der Waals surface area contributed by atoms with Crippen LogP contribution in [-0.4, -0.2) is 36.3 Å². The summed E-state index contributed by atoms with van der Waals surface area (Å²) in [6.07, 6.45) is 1.38. The van der Waals surface area contributed by atoms with Crippen LogP contribution in [-0.2, 0) is 25.5 Å². The lowest BCUT2D eigenvalue weighted by Crippen LogP contribution is -2.36. The Morgan fingerprint density at radius 3 is 2.48 bits per heavy atom. The largest absolute Gasteiger partial charge is 0.468 e. The molecule has 0 N–H and O–H groups in total. The molecule has 0 spiro atoms. The number of rotatable bonds is 8. The lowest BCUT2D eigenvalue weighted by molar-refractivity contribution is -0.384. The molecule has 3 rings (SSSR count). The molecule has 2 aromatic carbocycles. The summed E-state index contributed by atoms with van der Waals surface area (Å²) in [6.45, 7) is 3.54. The maximum Gasteiger partial charge on any atom is 0.336 e. The summed E-state index contributed by atoms with van der Waals surface area (Å²) in [7, 11) is 1.26. The molecule has 0 aliphatic carbocycles. The van der Waals surface area contributed by atoms with Gasteiger partial charge in [0.05, 0.1) is 24.2 Å². The second-order valence-electron chi connectivity index (χ2n) is 7.81. The van der Waals surface area contributed by atoms with Crippen molar-refractivity contribution in [3.8, 4) is 0 Å². The molecule has 0 radical (unpaired) electrons. The molecule has 2 unspecified atom stereocenters. The molecule has 1 heterocycles. The van der Waals surface area contributed by atoms with Crippen molar-refractivity contribution in [3.05, 3.63) is 87.1 Å². The number of non-ortho nitro benzene ring substituents is 1. The fourth-order valence-electron chi connectivity index (χ4n) is 4.09. The molecule has 0 amide bonds. The van der Waals surface area contributed by atoms with E-state index in [-0.39, 0.29) is 17.9 Å². The molecule has 8 heteroatoms. The van der Waals surface area contributed by atoms with E-state index < -0.39 is 28.7 Å². The molecule has 2 aromatic rings. The Bertz CT molecular complexity index is 1110. The van der Waals surface area contributed by atoms with Gasteiger partial charge in [0.2, 0.25) is 0 Å². The monoisotopic (exact) mass is 450 g/mol. The molecule has 0 saturated carbocycles. The fourth-order valence-corrected chi connectivity index (χ4v) is 4.09. The standard InChI is InChI=1S/C25H26N2O6/c1-16-21(24(28)32-3)23(19-12-7-13-20(15-19)27(30)31)22(17(2)26-16)25(29)33-14-8-11-18-9-5-4-6-10-18/h4-7,9-10,12-13,15,21,23H,8,11,14H2,1-3H3. The number of carbonyl (C=O) groups excluding carboxylic acids is 2. The molecule has 0 saturated heterocycles. The summed E-state index contributed by atoms with van der Waals surface area (Å²) in [5.41, 5.74) is 2.54. The minimum absolute atomic E-state index is 0.135. The number of aryl methyl sites for hydroxylation is 1. The van der Waals surface area contributed by atoms with Crippen LogP contribution in [0.3, 0.4) is 0 Å². The zero-order valence-corrected chi connectivity index (χ0v) is 18.8. The van der Waals surface area contributed by atoms with E-state index in [0.29, 0.717) is 23.4 Å². The van der Waals surface area contributed by atoms with Crippen LogP contribution in [0.2, 0.25) is 0 Å². The summed E-state index contributed by atoms with van der Waals surface area (Å²) in [5.74, 6) is -2.87. The van der Waals surface area contributed by atoms with Gasteiger partial charge in [-0.15, -0.1) is 0 Å². The Morgan fingerprint density at radius 2 is 1.82 bits per heavy atom. The maximum absolute atomic E-state index is 13.2. The Balaban J connectivity index is 1.89. The van der Waals surface area contributed by atoms with E-state index in [0.717, 1.165) is 12.0 Å². The predicted octanol–water partition coefficient (Wildman–Crippen LogP) is 4.39. The van der Waals surface area contributed by atoms with Crippen LogP contribution < -0.4 is 0 Å². The third-order valence-electron chi connectivity index (χ3n) is 5.63. The van der Waals surface area contributed by atoms with Crippen molar-refractivity contribution in [1.82, 2.24) is 0 Å². The van der Waals surface area contributed by atoms with E-state index in [1.54, 1.807) is 19.9 Å². The maximum atomic E-state index is 13.2. The van der Waals surface area contributed by atoms with E-state index >= 15 is 0 Å². The third-order valence-corrected chi connectivity index (χ3v) is 5.63. The summed E-state index contributed by atoms with van der Waals surface area (Å²) in [5, 5.41) is 11.3. The third kappa shape index (κ3) is 5.52. The van der Waals surface area contributed by atoms with Crippen molar-refractivity contribution in [2.45, 2.75) is 32.6 Å². The Hall–Kier alpha value is -3.81. The number of ether oxygens (including phenoxy) is 2. The number of carbonyl (C=O) groups is 2. The molecular weight excluding hydrogens is 424 g/mol. The van der Waals surface area contributed by atoms with Crippen molar-refractivity contribution in [1.29, 1.82) is 0 Å². The predicted molar refractivity (Wildman–Crippen MR) is 123 cm³/mol. The minimum atomic E-state index is -0.896. The van der Waals surface area contributed by atoms with Gasteiger partial charge >= 0.3 is 11.9 Å². The van der Waals surface area contributed by atoms with Crippen LogP contribution in [0.1, 0.15) is 37.3 Å². The van der Waals surface area contributed by atoms with Gasteiger partial charge in [0.15, 0.2) is 0 Å². The number of hydrogen-bond donors (Lipinski definition) is 0. The molecular formula is C25H26N2O6. The number of nitro groups is 1. The van der Waals surface area contributed by atoms with Gasteiger partial charge in [0, 0.05) is 29.5 Å². The van der Waals surface area contributed by atoms with Crippen LogP contribution in [0, 0.1) is 16.0 Å². The highest BCUT2D eigenvalue weighted by Crippen LogP contribution is 2.40. The number of nitro benzene ring substituents is 1. The van der Waals surface area contributed by atoms with Gasteiger partial charge in [0.25, 0.3) is 5.69 Å².